The van der Waals surface area contributed by atoms with E-state index in [1.165, 1.54) is 24.0 Å². The quantitative estimate of drug-likeness (QED) is 0.346. The van der Waals surface area contributed by atoms with Gasteiger partial charge in [0.05, 0.1) is 17.7 Å². The van der Waals surface area contributed by atoms with Crippen LogP contribution in [0.4, 0.5) is 0 Å². The molecule has 9 heteroatoms. The predicted molar refractivity (Wildman–Crippen MR) is 130 cm³/mol. The number of methoxy groups -OCH3 is 1. The summed E-state index contributed by atoms with van der Waals surface area (Å²) in [4.78, 5) is 0.198. The first kappa shape index (κ1) is 23.0. The first-order chi connectivity index (χ1) is 15.9. The highest BCUT2D eigenvalue weighted by Gasteiger charge is 2.21. The summed E-state index contributed by atoms with van der Waals surface area (Å²) >= 11 is 1.56. The molecule has 1 heterocycles. The van der Waals surface area contributed by atoms with Crippen molar-refractivity contribution in [2.45, 2.75) is 15.8 Å². The minimum absolute atomic E-state index is 0.198. The van der Waals surface area contributed by atoms with E-state index < -0.39 is 10.0 Å². The third-order valence-corrected chi connectivity index (χ3v) is 7.84. The van der Waals surface area contributed by atoms with Gasteiger partial charge in [-0.25, -0.2) is 12.7 Å². The third-order valence-electron chi connectivity index (χ3n) is 5.03. The maximum atomic E-state index is 12.7. The van der Waals surface area contributed by atoms with Crippen LogP contribution in [0.15, 0.2) is 88.9 Å². The molecule has 7 nitrogen and oxygen atoms in total. The van der Waals surface area contributed by atoms with E-state index in [1.807, 2.05) is 53.1 Å². The summed E-state index contributed by atoms with van der Waals surface area (Å²) in [5.41, 5.74) is 2.65. The Balaban J connectivity index is 1.81. The van der Waals surface area contributed by atoms with Gasteiger partial charge < -0.3 is 4.74 Å². The molecule has 0 saturated carbocycles. The molecule has 0 radical (unpaired) electrons. The van der Waals surface area contributed by atoms with Crippen molar-refractivity contribution >= 4 is 21.8 Å². The summed E-state index contributed by atoms with van der Waals surface area (Å²) < 4.78 is 33.9. The van der Waals surface area contributed by atoms with Gasteiger partial charge in [-0.2, -0.15) is 0 Å². The van der Waals surface area contributed by atoms with Crippen molar-refractivity contribution in [2.24, 2.45) is 0 Å². The molecular weight excluding hydrogens is 456 g/mol. The monoisotopic (exact) mass is 480 g/mol. The number of hydrogen-bond acceptors (Lipinski definition) is 6. The minimum atomic E-state index is -3.58. The van der Waals surface area contributed by atoms with Gasteiger partial charge in [-0.15, -0.1) is 10.2 Å². The topological polar surface area (TPSA) is 77.3 Å². The van der Waals surface area contributed by atoms with E-state index in [-0.39, 0.29) is 4.90 Å². The van der Waals surface area contributed by atoms with Crippen LogP contribution < -0.4 is 4.74 Å². The molecule has 33 heavy (non-hydrogen) atoms. The predicted octanol–water partition coefficient (Wildman–Crippen LogP) is 4.49. The van der Waals surface area contributed by atoms with Gasteiger partial charge in [-0.3, -0.25) is 4.57 Å². The Morgan fingerprint density at radius 1 is 0.939 bits per heavy atom. The Morgan fingerprint density at radius 2 is 1.70 bits per heavy atom. The summed E-state index contributed by atoms with van der Waals surface area (Å²) in [5, 5.41) is 9.58. The molecule has 0 bridgehead atoms. The van der Waals surface area contributed by atoms with Crippen LogP contribution in [0.3, 0.4) is 0 Å². The highest BCUT2D eigenvalue weighted by molar-refractivity contribution is 7.98. The first-order valence-corrected chi connectivity index (χ1v) is 12.6. The van der Waals surface area contributed by atoms with Gasteiger partial charge in [-0.1, -0.05) is 60.3 Å². The molecule has 4 rings (SSSR count). The van der Waals surface area contributed by atoms with Crippen molar-refractivity contribution in [3.63, 3.8) is 0 Å². The van der Waals surface area contributed by atoms with Crippen LogP contribution in [-0.2, 0) is 15.8 Å². The molecule has 3 aromatic carbocycles. The fourth-order valence-electron chi connectivity index (χ4n) is 3.26. The molecule has 0 amide bonds. The zero-order valence-corrected chi connectivity index (χ0v) is 20.2. The Kier molecular flexibility index (Phi) is 6.83. The van der Waals surface area contributed by atoms with Crippen LogP contribution in [0.25, 0.3) is 17.1 Å². The summed E-state index contributed by atoms with van der Waals surface area (Å²) in [5.74, 6) is 1.97. The Morgan fingerprint density at radius 3 is 2.42 bits per heavy atom. The van der Waals surface area contributed by atoms with E-state index in [4.69, 9.17) is 4.74 Å². The zero-order chi connectivity index (χ0) is 23.4. The summed E-state index contributed by atoms with van der Waals surface area (Å²) in [6, 6.07) is 24.5. The van der Waals surface area contributed by atoms with Crippen LogP contribution in [0.2, 0.25) is 0 Å². The van der Waals surface area contributed by atoms with Crippen LogP contribution in [0, 0.1) is 0 Å². The van der Waals surface area contributed by atoms with Crippen molar-refractivity contribution in [2.75, 3.05) is 21.2 Å². The number of hydrogen-bond donors (Lipinski definition) is 0. The van der Waals surface area contributed by atoms with E-state index >= 15 is 0 Å². The lowest BCUT2D eigenvalue weighted by molar-refractivity contribution is 0.414. The van der Waals surface area contributed by atoms with E-state index in [1.54, 1.807) is 37.1 Å². The van der Waals surface area contributed by atoms with Crippen molar-refractivity contribution in [1.82, 2.24) is 19.1 Å². The average Bonchev–Trinajstić information content (AvgIpc) is 3.27. The second kappa shape index (κ2) is 9.78. The van der Waals surface area contributed by atoms with E-state index in [0.29, 0.717) is 22.3 Å². The SMILES string of the molecule is COc1cccc(-n2c(SCc3ccccc3)nnc2-c2cccc(S(=O)(=O)N(C)C)c2)c1. The molecule has 0 unspecified atom stereocenters. The number of rotatable bonds is 8. The maximum absolute atomic E-state index is 12.7. The number of sulfonamides is 1. The molecule has 4 aromatic rings. The third kappa shape index (κ3) is 4.95. The zero-order valence-electron chi connectivity index (χ0n) is 18.5. The van der Waals surface area contributed by atoms with Crippen LogP contribution in [0.1, 0.15) is 5.56 Å². The van der Waals surface area contributed by atoms with Gasteiger partial charge in [0.15, 0.2) is 11.0 Å². The molecule has 0 aliphatic heterocycles. The van der Waals surface area contributed by atoms with Crippen molar-refractivity contribution in [3.8, 4) is 22.8 Å². The Labute approximate surface area is 198 Å². The van der Waals surface area contributed by atoms with Crippen molar-refractivity contribution in [1.29, 1.82) is 0 Å². The first-order valence-electron chi connectivity index (χ1n) is 10.2. The largest absolute Gasteiger partial charge is 0.497 e. The number of thioether (sulfide) groups is 1. The van der Waals surface area contributed by atoms with E-state index in [2.05, 4.69) is 22.3 Å². The molecule has 0 saturated heterocycles. The van der Waals surface area contributed by atoms with Gasteiger partial charge in [0, 0.05) is 31.5 Å². The molecule has 0 aliphatic carbocycles. The molecule has 0 spiro atoms. The molecule has 0 fully saturated rings. The number of aromatic nitrogens is 3. The lowest BCUT2D eigenvalue weighted by atomic mass is 10.2. The molecule has 0 aliphatic rings. The number of nitrogens with zero attached hydrogens (tertiary/aromatic N) is 4. The fourth-order valence-corrected chi connectivity index (χ4v) is 5.12. The fraction of sp³-hybridized carbons (Fsp3) is 0.167. The van der Waals surface area contributed by atoms with Crippen LogP contribution >= 0.6 is 11.8 Å². The maximum Gasteiger partial charge on any atom is 0.242 e. The molecule has 170 valence electrons. The van der Waals surface area contributed by atoms with Gasteiger partial charge >= 0.3 is 0 Å². The smallest absolute Gasteiger partial charge is 0.242 e. The summed E-state index contributed by atoms with van der Waals surface area (Å²) in [6.07, 6.45) is 0. The van der Waals surface area contributed by atoms with Gasteiger partial charge in [0.2, 0.25) is 10.0 Å². The van der Waals surface area contributed by atoms with Gasteiger partial charge in [0.1, 0.15) is 5.75 Å². The Bertz CT molecular complexity index is 1350. The molecular formula is C24H24N4O3S2. The molecule has 0 atom stereocenters. The van der Waals surface area contributed by atoms with E-state index in [0.717, 1.165) is 11.4 Å². The highest BCUT2D eigenvalue weighted by Crippen LogP contribution is 2.32. The van der Waals surface area contributed by atoms with Crippen LogP contribution in [0.5, 0.6) is 5.75 Å². The standard InChI is InChI=1S/C24H24N4O3S2/c1-27(2)33(29,30)22-14-7-11-19(15-22)23-25-26-24(32-17-18-9-5-4-6-10-18)28(23)20-12-8-13-21(16-20)31-3/h4-16H,17H2,1-3H3. The van der Waals surface area contributed by atoms with Gasteiger partial charge in [0.25, 0.3) is 0 Å². The normalized spacial score (nSPS) is 11.6. The second-order valence-corrected chi connectivity index (χ2v) is 10.5. The molecule has 0 N–H and O–H groups in total. The second-order valence-electron chi connectivity index (χ2n) is 7.43. The minimum Gasteiger partial charge on any atom is -0.497 e. The summed E-state index contributed by atoms with van der Waals surface area (Å²) in [7, 11) is 1.06. The number of benzene rings is 3. The van der Waals surface area contributed by atoms with Crippen LogP contribution in [-0.4, -0.2) is 48.7 Å². The lowest BCUT2D eigenvalue weighted by Crippen LogP contribution is -2.22. The van der Waals surface area contributed by atoms with Crippen molar-refractivity contribution < 1.29 is 13.2 Å². The Hall–Kier alpha value is -3.14. The number of ether oxygens (including phenoxy) is 1. The molecule has 1 aromatic heterocycles. The van der Waals surface area contributed by atoms with Crippen molar-refractivity contribution in [3.05, 3.63) is 84.4 Å². The lowest BCUT2D eigenvalue weighted by Gasteiger charge is -2.14. The summed E-state index contributed by atoms with van der Waals surface area (Å²) in [6.45, 7) is 0. The van der Waals surface area contributed by atoms with E-state index in [9.17, 15) is 8.42 Å². The van der Waals surface area contributed by atoms with Gasteiger partial charge in [-0.05, 0) is 29.8 Å². The average molecular weight is 481 g/mol. The highest BCUT2D eigenvalue weighted by atomic mass is 32.2.